The molecule has 0 amide bonds. The molecule has 60 heavy (non-hydrogen) atoms. The molecule has 314 valence electrons. The van der Waals surface area contributed by atoms with Crippen LogP contribution in [0, 0.1) is 6.92 Å². The molecule has 3 aromatic heterocycles. The van der Waals surface area contributed by atoms with Gasteiger partial charge in [0, 0.05) is 62.7 Å². The van der Waals surface area contributed by atoms with Gasteiger partial charge in [0.2, 0.25) is 12.0 Å². The summed E-state index contributed by atoms with van der Waals surface area (Å²) in [5, 5.41) is 11.6. The van der Waals surface area contributed by atoms with Crippen LogP contribution in [0.4, 0.5) is 8.78 Å². The first kappa shape index (κ1) is 42.4. The van der Waals surface area contributed by atoms with Crippen molar-refractivity contribution in [3.05, 3.63) is 101 Å². The first-order valence-corrected chi connectivity index (χ1v) is 20.3. The second-order valence-electron chi connectivity index (χ2n) is 14.1. The fourth-order valence-corrected chi connectivity index (χ4v) is 7.70. The van der Waals surface area contributed by atoms with Crippen LogP contribution < -0.4 is 23.7 Å². The highest BCUT2D eigenvalue weighted by Gasteiger charge is 2.28. The second kappa shape index (κ2) is 19.6. The van der Waals surface area contributed by atoms with Gasteiger partial charge in [0.25, 0.3) is 6.43 Å². The number of rotatable bonds is 18. The number of aromatic nitrogens is 4. The van der Waals surface area contributed by atoms with Crippen molar-refractivity contribution in [3.63, 3.8) is 0 Å². The molecule has 1 saturated heterocycles. The van der Waals surface area contributed by atoms with E-state index in [1.54, 1.807) is 43.6 Å². The molecule has 0 radical (unpaired) electrons. The molecular weight excluding hydrogens is 818 g/mol. The number of piperazine rings is 1. The van der Waals surface area contributed by atoms with E-state index in [-0.39, 0.29) is 24.9 Å². The monoisotopic (exact) mass is 860 g/mol. The van der Waals surface area contributed by atoms with Gasteiger partial charge in [0.05, 0.1) is 33.6 Å². The number of para-hydroxylation sites is 1. The highest BCUT2D eigenvalue weighted by atomic mass is 35.5. The summed E-state index contributed by atoms with van der Waals surface area (Å²) in [6, 6.07) is 19.6. The molecule has 1 atom stereocenters. The predicted molar refractivity (Wildman–Crippen MR) is 224 cm³/mol. The third-order valence-electron chi connectivity index (χ3n) is 10.0. The number of fused-ring (bicyclic) bond motifs is 1. The summed E-state index contributed by atoms with van der Waals surface area (Å²) in [6.07, 6.45) is -1.09. The molecule has 0 unspecified atom stereocenters. The molecule has 3 aromatic carbocycles. The number of ether oxygens (including phenoxy) is 5. The molecular formula is C43H43ClF2N6O7S. The van der Waals surface area contributed by atoms with Crippen molar-refractivity contribution in [2.24, 2.45) is 0 Å². The Labute approximate surface area is 354 Å². The van der Waals surface area contributed by atoms with Gasteiger partial charge in [0.15, 0.2) is 6.61 Å². The minimum absolute atomic E-state index is 0.0642. The normalized spacial score (nSPS) is 14.0. The first-order chi connectivity index (χ1) is 29.1. The molecule has 4 heterocycles. The number of carboxylic acids is 1. The third-order valence-corrected chi connectivity index (χ3v) is 11.3. The number of hydrogen-bond donors (Lipinski definition) is 1. The first-order valence-electron chi connectivity index (χ1n) is 19.2. The molecule has 7 rings (SSSR count). The van der Waals surface area contributed by atoms with E-state index >= 15 is 0 Å². The van der Waals surface area contributed by atoms with Crippen LogP contribution in [0.15, 0.2) is 79.1 Å². The van der Waals surface area contributed by atoms with E-state index in [9.17, 15) is 18.7 Å². The molecule has 6 aromatic rings. The van der Waals surface area contributed by atoms with Crippen LogP contribution in [-0.4, -0.2) is 113 Å². The summed E-state index contributed by atoms with van der Waals surface area (Å²) in [5.74, 6) is 0.463. The SMILES string of the molecule is COc1cccc(-c2ncc3snc(O[C@H](Cc4ccccc4OCc4ccnc(OCC(F)F)n4)C(=O)O)c3c2-c2ccc(OCCN3CCN(C)CC3)c(Cl)c2C)c1. The van der Waals surface area contributed by atoms with Crippen molar-refractivity contribution in [1.82, 2.24) is 29.1 Å². The number of alkyl halides is 2. The summed E-state index contributed by atoms with van der Waals surface area (Å²) in [6.45, 7) is 6.25. The molecule has 17 heteroatoms. The van der Waals surface area contributed by atoms with Crippen LogP contribution in [0.5, 0.6) is 29.1 Å². The molecule has 1 aliphatic heterocycles. The minimum atomic E-state index is -2.68. The Bertz CT molecular complexity index is 2430. The van der Waals surface area contributed by atoms with Gasteiger partial charge in [-0.25, -0.2) is 18.6 Å². The Morgan fingerprint density at radius 1 is 0.983 bits per heavy atom. The van der Waals surface area contributed by atoms with Gasteiger partial charge < -0.3 is 33.7 Å². The lowest BCUT2D eigenvalue weighted by Crippen LogP contribution is -2.45. The van der Waals surface area contributed by atoms with Crippen LogP contribution in [0.1, 0.15) is 16.8 Å². The zero-order valence-electron chi connectivity index (χ0n) is 33.1. The number of carboxylic acid groups (broad SMARTS) is 1. The average Bonchev–Trinajstić information content (AvgIpc) is 3.67. The topological polar surface area (TPSA) is 141 Å². The zero-order valence-corrected chi connectivity index (χ0v) is 34.7. The van der Waals surface area contributed by atoms with Gasteiger partial charge in [0.1, 0.15) is 30.5 Å². The fraction of sp³-hybridized carbons (Fsp3) is 0.326. The quantitative estimate of drug-likeness (QED) is 0.0903. The number of nitrogens with zero attached hydrogens (tertiary/aromatic N) is 6. The van der Waals surface area contributed by atoms with Crippen molar-refractivity contribution in [2.75, 3.05) is 60.1 Å². The summed E-state index contributed by atoms with van der Waals surface area (Å²) < 4.78 is 59.7. The van der Waals surface area contributed by atoms with Gasteiger partial charge in [-0.15, -0.1) is 0 Å². The minimum Gasteiger partial charge on any atom is -0.497 e. The number of pyridine rings is 1. The Morgan fingerprint density at radius 3 is 2.58 bits per heavy atom. The maximum Gasteiger partial charge on any atom is 0.345 e. The van der Waals surface area contributed by atoms with Crippen molar-refractivity contribution in [2.45, 2.75) is 32.5 Å². The van der Waals surface area contributed by atoms with Crippen LogP contribution in [0.25, 0.3) is 32.5 Å². The molecule has 0 aliphatic carbocycles. The zero-order chi connectivity index (χ0) is 42.2. The molecule has 1 aliphatic rings. The number of benzene rings is 3. The summed E-state index contributed by atoms with van der Waals surface area (Å²) in [7, 11) is 3.72. The highest BCUT2D eigenvalue weighted by Crippen LogP contribution is 2.46. The average molecular weight is 861 g/mol. The largest absolute Gasteiger partial charge is 0.497 e. The van der Waals surface area contributed by atoms with E-state index in [1.165, 1.54) is 6.20 Å². The van der Waals surface area contributed by atoms with Gasteiger partial charge in [-0.1, -0.05) is 48.0 Å². The second-order valence-corrected chi connectivity index (χ2v) is 15.2. The van der Waals surface area contributed by atoms with Gasteiger partial charge in [-0.3, -0.25) is 9.88 Å². The highest BCUT2D eigenvalue weighted by molar-refractivity contribution is 7.13. The molecule has 0 bridgehead atoms. The summed E-state index contributed by atoms with van der Waals surface area (Å²) >= 11 is 8.21. The Morgan fingerprint density at radius 2 is 1.80 bits per heavy atom. The van der Waals surface area contributed by atoms with E-state index in [1.807, 2.05) is 43.3 Å². The van der Waals surface area contributed by atoms with E-state index in [0.717, 1.165) is 60.9 Å². The summed E-state index contributed by atoms with van der Waals surface area (Å²) in [5.41, 5.74) is 4.39. The number of halogens is 3. The number of hydrogen-bond acceptors (Lipinski definition) is 13. The van der Waals surface area contributed by atoms with E-state index in [4.69, 9.17) is 40.3 Å². The van der Waals surface area contributed by atoms with Crippen molar-refractivity contribution in [1.29, 1.82) is 0 Å². The van der Waals surface area contributed by atoms with Crippen molar-refractivity contribution in [3.8, 4) is 51.5 Å². The number of methoxy groups -OCH3 is 1. The van der Waals surface area contributed by atoms with Crippen LogP contribution in [0.3, 0.4) is 0 Å². The van der Waals surface area contributed by atoms with Gasteiger partial charge in [-0.2, -0.15) is 9.36 Å². The van der Waals surface area contributed by atoms with E-state index in [2.05, 4.69) is 31.2 Å². The van der Waals surface area contributed by atoms with Crippen LogP contribution >= 0.6 is 23.1 Å². The van der Waals surface area contributed by atoms with Crippen molar-refractivity contribution >= 4 is 39.2 Å². The fourth-order valence-electron chi connectivity index (χ4n) is 6.78. The van der Waals surface area contributed by atoms with E-state index in [0.29, 0.717) is 61.5 Å². The lowest BCUT2D eigenvalue weighted by Gasteiger charge is -2.32. The molecule has 0 saturated carbocycles. The molecule has 1 fully saturated rings. The number of likely N-dealkylation sites (N-methyl/N-ethyl adjacent to an activating group) is 1. The predicted octanol–water partition coefficient (Wildman–Crippen LogP) is 7.71. The maximum atomic E-state index is 12.9. The van der Waals surface area contributed by atoms with Crippen LogP contribution in [0.2, 0.25) is 5.02 Å². The lowest BCUT2D eigenvalue weighted by atomic mass is 9.93. The van der Waals surface area contributed by atoms with Crippen LogP contribution in [-0.2, 0) is 17.8 Å². The summed E-state index contributed by atoms with van der Waals surface area (Å²) in [4.78, 5) is 30.5. The smallest absolute Gasteiger partial charge is 0.345 e. The van der Waals surface area contributed by atoms with Crippen molar-refractivity contribution < 1.29 is 42.4 Å². The lowest BCUT2D eigenvalue weighted by molar-refractivity contribution is -0.145. The third kappa shape index (κ3) is 10.2. The maximum absolute atomic E-state index is 12.9. The molecule has 0 spiro atoms. The van der Waals surface area contributed by atoms with E-state index < -0.39 is 25.1 Å². The Kier molecular flexibility index (Phi) is 13.9. The Hall–Kier alpha value is -5.68. The number of aliphatic carboxylic acids is 1. The van der Waals surface area contributed by atoms with Gasteiger partial charge in [-0.05, 0) is 72.5 Å². The Balaban J connectivity index is 1.19. The molecule has 13 nitrogen and oxygen atoms in total. The number of carbonyl (C=O) groups is 1. The molecule has 1 N–H and O–H groups in total. The standard InChI is InChI=1S/C43H43ClF2N6O7S/c1-26-31(11-12-33(39(26)44)56-20-19-52-17-15-51(2)16-18-52)37-38-35(23-48-40(37)28-8-6-9-30(21-28)55-3)60-50-41(38)59-34(42(53)54)22-27-7-4-5-10-32(27)57-24-29-13-14-47-43(49-29)58-25-36(45)46/h4-14,21,23,34,36H,15-20,22,24-25H2,1-3H3,(H,53,54)/t34-/m1/s1. The van der Waals surface area contributed by atoms with Gasteiger partial charge >= 0.3 is 12.0 Å².